The number of hydrogen-bond donors (Lipinski definition) is 2. The molecule has 0 aliphatic carbocycles. The maximum Gasteiger partial charge on any atom is 0.261 e. The largest absolute Gasteiger partial charge is 0.353 e. The fourth-order valence-electron chi connectivity index (χ4n) is 2.14. The van der Waals surface area contributed by atoms with E-state index in [4.69, 9.17) is 0 Å². The molecule has 0 saturated heterocycles. The summed E-state index contributed by atoms with van der Waals surface area (Å²) in [5.41, 5.74) is 0.395. The Hall–Kier alpha value is -1.73. The van der Waals surface area contributed by atoms with Gasteiger partial charge in [0.1, 0.15) is 6.54 Å². The Balaban J connectivity index is 2.10. The van der Waals surface area contributed by atoms with Crippen molar-refractivity contribution in [2.45, 2.75) is 26.4 Å². The molecule has 2 rings (SSSR count). The van der Waals surface area contributed by atoms with E-state index in [9.17, 15) is 9.59 Å². The van der Waals surface area contributed by atoms with E-state index in [1.54, 1.807) is 12.1 Å². The summed E-state index contributed by atoms with van der Waals surface area (Å²) in [5, 5.41) is 6.50. The molecule has 1 aromatic carbocycles. The number of fused-ring (bicyclic) bond motifs is 1. The number of carbonyl (C=O) groups is 1. The summed E-state index contributed by atoms with van der Waals surface area (Å²) in [6, 6.07) is 5.50. The zero-order valence-electron chi connectivity index (χ0n) is 12.6. The minimum atomic E-state index is -0.221. The number of nitrogens with zero attached hydrogens (tertiary/aromatic N) is 2. The molecule has 0 unspecified atom stereocenters. The molecule has 2 aromatic rings. The third-order valence-electron chi connectivity index (χ3n) is 3.26. The molecule has 0 fully saturated rings. The Morgan fingerprint density at radius 2 is 2.23 bits per heavy atom. The second-order valence-corrected chi connectivity index (χ2v) is 6.02. The van der Waals surface area contributed by atoms with E-state index in [0.717, 1.165) is 11.0 Å². The maximum absolute atomic E-state index is 12.4. The summed E-state index contributed by atoms with van der Waals surface area (Å²) in [4.78, 5) is 28.5. The molecular formula is C15H19BrN4O2. The number of rotatable bonds is 6. The number of aromatic nitrogens is 2. The van der Waals surface area contributed by atoms with E-state index < -0.39 is 0 Å². The van der Waals surface area contributed by atoms with Gasteiger partial charge in [-0.25, -0.2) is 4.98 Å². The lowest BCUT2D eigenvalue weighted by Crippen LogP contribution is -2.41. The summed E-state index contributed by atoms with van der Waals surface area (Å²) in [7, 11) is 0. The van der Waals surface area contributed by atoms with Crippen molar-refractivity contribution in [2.24, 2.45) is 0 Å². The van der Waals surface area contributed by atoms with Gasteiger partial charge in [-0.2, -0.15) is 0 Å². The predicted molar refractivity (Wildman–Crippen MR) is 89.9 cm³/mol. The summed E-state index contributed by atoms with van der Waals surface area (Å²) in [5.74, 6) is -0.206. The first kappa shape index (κ1) is 16.6. The van der Waals surface area contributed by atoms with Crippen molar-refractivity contribution in [1.29, 1.82) is 0 Å². The van der Waals surface area contributed by atoms with Gasteiger partial charge in [-0.1, -0.05) is 22.9 Å². The highest BCUT2D eigenvalue weighted by Crippen LogP contribution is 2.14. The van der Waals surface area contributed by atoms with Crippen molar-refractivity contribution < 1.29 is 4.79 Å². The number of halogens is 1. The van der Waals surface area contributed by atoms with Gasteiger partial charge in [0.15, 0.2) is 0 Å². The van der Waals surface area contributed by atoms with E-state index in [2.05, 4.69) is 31.5 Å². The standard InChI is InChI=1S/C15H19BrN4O2/c1-3-17-10(2)7-18-14(21)8-20-9-19-13-5-4-11(16)6-12(13)15(20)22/h4-6,9-10,17H,3,7-8H2,1-2H3,(H,18,21)/t10-/m1/s1. The highest BCUT2D eigenvalue weighted by molar-refractivity contribution is 9.10. The zero-order valence-corrected chi connectivity index (χ0v) is 14.2. The number of carbonyl (C=O) groups excluding carboxylic acids is 1. The molecule has 1 atom stereocenters. The van der Waals surface area contributed by atoms with Gasteiger partial charge >= 0.3 is 0 Å². The van der Waals surface area contributed by atoms with Crippen LogP contribution in [0.25, 0.3) is 10.9 Å². The first-order valence-electron chi connectivity index (χ1n) is 7.16. The Morgan fingerprint density at radius 3 is 2.95 bits per heavy atom. The summed E-state index contributed by atoms with van der Waals surface area (Å²) < 4.78 is 2.13. The summed E-state index contributed by atoms with van der Waals surface area (Å²) in [6.45, 7) is 5.34. The Kier molecular flexibility index (Phi) is 5.68. The van der Waals surface area contributed by atoms with E-state index in [1.165, 1.54) is 10.9 Å². The van der Waals surface area contributed by atoms with Gasteiger partial charge in [-0.3, -0.25) is 14.2 Å². The SMILES string of the molecule is CCN[C@H](C)CNC(=O)Cn1cnc2ccc(Br)cc2c1=O. The molecule has 0 saturated carbocycles. The van der Waals surface area contributed by atoms with Crippen molar-refractivity contribution in [3.63, 3.8) is 0 Å². The quantitative estimate of drug-likeness (QED) is 0.807. The minimum Gasteiger partial charge on any atom is -0.353 e. The number of likely N-dealkylation sites (N-methyl/N-ethyl adjacent to an activating group) is 1. The molecule has 118 valence electrons. The zero-order chi connectivity index (χ0) is 16.1. The first-order chi connectivity index (χ1) is 10.5. The van der Waals surface area contributed by atoms with Crippen LogP contribution >= 0.6 is 15.9 Å². The average Bonchev–Trinajstić information content (AvgIpc) is 2.49. The van der Waals surface area contributed by atoms with Gasteiger partial charge in [0.25, 0.3) is 5.56 Å². The van der Waals surface area contributed by atoms with Gasteiger partial charge in [-0.05, 0) is 31.7 Å². The van der Waals surface area contributed by atoms with Crippen LogP contribution in [0.4, 0.5) is 0 Å². The fourth-order valence-corrected chi connectivity index (χ4v) is 2.50. The molecule has 0 radical (unpaired) electrons. The molecule has 22 heavy (non-hydrogen) atoms. The van der Waals surface area contributed by atoms with E-state index in [1.807, 2.05) is 19.9 Å². The molecular weight excluding hydrogens is 348 g/mol. The van der Waals surface area contributed by atoms with Crippen LogP contribution in [0.3, 0.4) is 0 Å². The summed E-state index contributed by atoms with van der Waals surface area (Å²) >= 11 is 3.34. The van der Waals surface area contributed by atoms with Crippen LogP contribution in [0.5, 0.6) is 0 Å². The van der Waals surface area contributed by atoms with E-state index in [0.29, 0.717) is 17.4 Å². The maximum atomic E-state index is 12.4. The van der Waals surface area contributed by atoms with Gasteiger partial charge in [-0.15, -0.1) is 0 Å². The molecule has 0 aliphatic rings. The second-order valence-electron chi connectivity index (χ2n) is 5.10. The van der Waals surface area contributed by atoms with Crippen LogP contribution < -0.4 is 16.2 Å². The predicted octanol–water partition coefficient (Wildman–Crippen LogP) is 1.27. The van der Waals surface area contributed by atoms with Crippen LogP contribution in [0.1, 0.15) is 13.8 Å². The van der Waals surface area contributed by atoms with Crippen LogP contribution in [-0.2, 0) is 11.3 Å². The van der Waals surface area contributed by atoms with E-state index in [-0.39, 0.29) is 24.1 Å². The monoisotopic (exact) mass is 366 g/mol. The van der Waals surface area contributed by atoms with Crippen molar-refractivity contribution in [1.82, 2.24) is 20.2 Å². The molecule has 7 heteroatoms. The fraction of sp³-hybridized carbons (Fsp3) is 0.400. The lowest BCUT2D eigenvalue weighted by molar-refractivity contribution is -0.121. The second kappa shape index (κ2) is 7.51. The summed E-state index contributed by atoms with van der Waals surface area (Å²) in [6.07, 6.45) is 1.41. The lowest BCUT2D eigenvalue weighted by Gasteiger charge is -2.13. The van der Waals surface area contributed by atoms with Gasteiger partial charge in [0.05, 0.1) is 17.2 Å². The number of benzene rings is 1. The van der Waals surface area contributed by atoms with Gasteiger partial charge < -0.3 is 10.6 Å². The topological polar surface area (TPSA) is 76.0 Å². The third kappa shape index (κ3) is 4.14. The molecule has 2 N–H and O–H groups in total. The lowest BCUT2D eigenvalue weighted by atomic mass is 10.2. The van der Waals surface area contributed by atoms with Crippen molar-refractivity contribution in [2.75, 3.05) is 13.1 Å². The number of hydrogen-bond acceptors (Lipinski definition) is 4. The molecule has 1 aromatic heterocycles. The molecule has 1 amide bonds. The average molecular weight is 367 g/mol. The molecule has 6 nitrogen and oxygen atoms in total. The molecule has 0 spiro atoms. The highest BCUT2D eigenvalue weighted by Gasteiger charge is 2.09. The Bertz CT molecular complexity index is 729. The first-order valence-corrected chi connectivity index (χ1v) is 7.95. The van der Waals surface area contributed by atoms with Crippen LogP contribution in [-0.4, -0.2) is 34.6 Å². The minimum absolute atomic E-state index is 0.0346. The van der Waals surface area contributed by atoms with E-state index >= 15 is 0 Å². The smallest absolute Gasteiger partial charge is 0.261 e. The Labute approximate surface area is 137 Å². The van der Waals surface area contributed by atoms with Crippen molar-refractivity contribution >= 4 is 32.7 Å². The molecule has 0 aliphatic heterocycles. The number of amides is 1. The molecule has 0 bridgehead atoms. The van der Waals surface area contributed by atoms with Crippen LogP contribution in [0, 0.1) is 0 Å². The Morgan fingerprint density at radius 1 is 1.45 bits per heavy atom. The van der Waals surface area contributed by atoms with Crippen LogP contribution in [0.15, 0.2) is 33.8 Å². The normalized spacial score (nSPS) is 12.3. The van der Waals surface area contributed by atoms with Crippen molar-refractivity contribution in [3.8, 4) is 0 Å². The van der Waals surface area contributed by atoms with Crippen molar-refractivity contribution in [3.05, 3.63) is 39.4 Å². The highest BCUT2D eigenvalue weighted by atomic mass is 79.9. The third-order valence-corrected chi connectivity index (χ3v) is 3.75. The molecule has 1 heterocycles. The number of nitrogens with one attached hydrogen (secondary N) is 2. The van der Waals surface area contributed by atoms with Gasteiger partial charge in [0, 0.05) is 17.1 Å². The van der Waals surface area contributed by atoms with Gasteiger partial charge in [0.2, 0.25) is 5.91 Å². The van der Waals surface area contributed by atoms with Crippen LogP contribution in [0.2, 0.25) is 0 Å².